The van der Waals surface area contributed by atoms with Gasteiger partial charge in [-0.3, -0.25) is 24.0 Å². The van der Waals surface area contributed by atoms with Crippen LogP contribution in [0.25, 0.3) is 0 Å². The number of amides is 2. The van der Waals surface area contributed by atoms with Crippen LogP contribution in [0.4, 0.5) is 0 Å². The number of aromatic hydroxyl groups is 1. The van der Waals surface area contributed by atoms with Crippen molar-refractivity contribution in [1.29, 1.82) is 0 Å². The fourth-order valence-electron chi connectivity index (χ4n) is 2.15. The number of nitrogens with two attached hydrogens (primary N) is 1. The van der Waals surface area contributed by atoms with Gasteiger partial charge in [-0.1, -0.05) is 0 Å². The summed E-state index contributed by atoms with van der Waals surface area (Å²) < 4.78 is 0. The summed E-state index contributed by atoms with van der Waals surface area (Å²) in [6.45, 7) is -0.647. The third-order valence-corrected chi connectivity index (χ3v) is 4.81. The molecule has 2 atom stereocenters. The third-order valence-electron chi connectivity index (χ3n) is 3.77. The van der Waals surface area contributed by atoms with Crippen LogP contribution in [0.2, 0.25) is 0 Å². The predicted octanol–water partition coefficient (Wildman–Crippen LogP) is -0.814. The highest BCUT2D eigenvalue weighted by molar-refractivity contribution is 8.00. The molecule has 30 heavy (non-hydrogen) atoms. The van der Waals surface area contributed by atoms with E-state index in [0.717, 1.165) is 11.8 Å². The van der Waals surface area contributed by atoms with E-state index >= 15 is 0 Å². The summed E-state index contributed by atoms with van der Waals surface area (Å²) in [4.78, 5) is 57.7. The fraction of sp³-hybridized carbons (Fsp3) is 0.389. The molecule has 0 fully saturated rings. The number of benzene rings is 1. The number of carbonyl (C=O) groups excluding carboxylic acids is 3. The second-order valence-electron chi connectivity index (χ2n) is 6.20. The quantitative estimate of drug-likeness (QED) is 0.210. The molecule has 0 aliphatic heterocycles. The number of Topliss-reactive ketones (excluding diaryl/α,β-unsaturated/α-hetero) is 1. The zero-order chi connectivity index (χ0) is 22.7. The Morgan fingerprint density at radius 1 is 1.07 bits per heavy atom. The molecular formula is C18H23N3O8S. The van der Waals surface area contributed by atoms with E-state index in [1.807, 2.05) is 0 Å². The largest absolute Gasteiger partial charge is 0.508 e. The van der Waals surface area contributed by atoms with Gasteiger partial charge in [0, 0.05) is 17.7 Å². The molecule has 0 unspecified atom stereocenters. The normalized spacial score (nSPS) is 12.4. The molecule has 0 saturated heterocycles. The summed E-state index contributed by atoms with van der Waals surface area (Å²) in [5, 5.41) is 31.2. The van der Waals surface area contributed by atoms with Crippen LogP contribution in [-0.4, -0.2) is 75.0 Å². The number of thioether (sulfide) groups is 1. The number of hydrogen-bond donors (Lipinski definition) is 6. The van der Waals surface area contributed by atoms with Gasteiger partial charge in [0.15, 0.2) is 5.78 Å². The standard InChI is InChI=1S/C18H23N3O8S/c19-12(18(28)29)5-6-15(24)21-13(17(27)20-7-16(25)26)8-30-9-14(23)10-1-3-11(22)4-2-10/h1-4,12-13,22H,5-9,19H2,(H,20,27)(H,21,24)(H,25,26)(H,28,29)/t12-,13+/m1/s1. The lowest BCUT2D eigenvalue weighted by Crippen LogP contribution is -2.49. The van der Waals surface area contributed by atoms with E-state index in [1.165, 1.54) is 24.3 Å². The number of carboxylic acid groups (broad SMARTS) is 2. The van der Waals surface area contributed by atoms with Crippen LogP contribution < -0.4 is 16.4 Å². The van der Waals surface area contributed by atoms with E-state index in [1.54, 1.807) is 0 Å². The average molecular weight is 441 g/mol. The molecular weight excluding hydrogens is 418 g/mol. The Morgan fingerprint density at radius 3 is 2.27 bits per heavy atom. The van der Waals surface area contributed by atoms with E-state index in [-0.39, 0.29) is 35.9 Å². The monoisotopic (exact) mass is 441 g/mol. The highest BCUT2D eigenvalue weighted by atomic mass is 32.2. The summed E-state index contributed by atoms with van der Waals surface area (Å²) >= 11 is 1.05. The summed E-state index contributed by atoms with van der Waals surface area (Å²) in [7, 11) is 0. The van der Waals surface area contributed by atoms with Gasteiger partial charge in [-0.25, -0.2) is 0 Å². The minimum absolute atomic E-state index is 0.0136. The highest BCUT2D eigenvalue weighted by Crippen LogP contribution is 2.13. The number of carboxylic acids is 2. The number of ketones is 1. The zero-order valence-corrected chi connectivity index (χ0v) is 16.7. The molecule has 2 amide bonds. The third kappa shape index (κ3) is 9.39. The molecule has 1 aromatic carbocycles. The van der Waals surface area contributed by atoms with E-state index < -0.39 is 42.4 Å². The Morgan fingerprint density at radius 2 is 1.70 bits per heavy atom. The predicted molar refractivity (Wildman–Crippen MR) is 107 cm³/mol. The van der Waals surface area contributed by atoms with Crippen molar-refractivity contribution < 1.29 is 39.3 Å². The van der Waals surface area contributed by atoms with E-state index in [4.69, 9.17) is 15.9 Å². The Bertz CT molecular complexity index is 784. The maximum Gasteiger partial charge on any atom is 0.322 e. The maximum atomic E-state index is 12.2. The van der Waals surface area contributed by atoms with Gasteiger partial charge in [-0.15, -0.1) is 0 Å². The van der Waals surface area contributed by atoms with Crippen LogP contribution in [-0.2, 0) is 19.2 Å². The van der Waals surface area contributed by atoms with Gasteiger partial charge in [-0.2, -0.15) is 11.8 Å². The van der Waals surface area contributed by atoms with Crippen molar-refractivity contribution in [3.8, 4) is 5.75 Å². The van der Waals surface area contributed by atoms with E-state index in [9.17, 15) is 29.1 Å². The van der Waals surface area contributed by atoms with Gasteiger partial charge in [0.05, 0.1) is 5.75 Å². The first kappa shape index (κ1) is 24.9. The zero-order valence-electron chi connectivity index (χ0n) is 15.9. The van der Waals surface area contributed by atoms with Crippen molar-refractivity contribution in [3.63, 3.8) is 0 Å². The van der Waals surface area contributed by atoms with Gasteiger partial charge in [0.1, 0.15) is 24.4 Å². The molecule has 164 valence electrons. The van der Waals surface area contributed by atoms with Crippen molar-refractivity contribution in [1.82, 2.24) is 10.6 Å². The van der Waals surface area contributed by atoms with Gasteiger partial charge in [0.2, 0.25) is 11.8 Å². The van der Waals surface area contributed by atoms with Gasteiger partial charge < -0.3 is 31.7 Å². The smallest absolute Gasteiger partial charge is 0.322 e. The van der Waals surface area contributed by atoms with Crippen LogP contribution in [0.1, 0.15) is 23.2 Å². The summed E-state index contributed by atoms with van der Waals surface area (Å²) in [6.07, 6.45) is -0.385. The SMILES string of the molecule is N[C@H](CCC(=O)N[C@@H](CSCC(=O)c1ccc(O)cc1)C(=O)NCC(=O)O)C(=O)O. The molecule has 1 aromatic rings. The molecule has 0 aromatic heterocycles. The molecule has 0 aliphatic rings. The Hall–Kier alpha value is -3.12. The molecule has 0 aliphatic carbocycles. The first-order valence-electron chi connectivity index (χ1n) is 8.77. The van der Waals surface area contributed by atoms with Crippen molar-refractivity contribution in [3.05, 3.63) is 29.8 Å². The molecule has 1 rings (SSSR count). The number of nitrogens with one attached hydrogen (secondary N) is 2. The Balaban J connectivity index is 2.63. The number of phenols is 1. The molecule has 12 heteroatoms. The number of phenolic OH excluding ortho intramolecular Hbond substituents is 1. The van der Waals surface area contributed by atoms with Crippen LogP contribution in [0.5, 0.6) is 5.75 Å². The minimum atomic E-state index is -1.27. The number of rotatable bonds is 13. The van der Waals surface area contributed by atoms with Gasteiger partial charge >= 0.3 is 11.9 Å². The lowest BCUT2D eigenvalue weighted by atomic mass is 10.1. The first-order valence-corrected chi connectivity index (χ1v) is 9.92. The first-order chi connectivity index (χ1) is 14.1. The van der Waals surface area contributed by atoms with E-state index in [2.05, 4.69) is 10.6 Å². The van der Waals surface area contributed by atoms with Crippen LogP contribution in [0.3, 0.4) is 0 Å². The Labute approximate surface area is 176 Å². The molecule has 0 bridgehead atoms. The van der Waals surface area contributed by atoms with Crippen LogP contribution in [0.15, 0.2) is 24.3 Å². The van der Waals surface area contributed by atoms with Crippen molar-refractivity contribution in [2.45, 2.75) is 24.9 Å². The average Bonchev–Trinajstić information content (AvgIpc) is 2.69. The maximum absolute atomic E-state index is 12.2. The highest BCUT2D eigenvalue weighted by Gasteiger charge is 2.23. The van der Waals surface area contributed by atoms with Crippen molar-refractivity contribution >= 4 is 41.3 Å². The molecule has 0 spiro atoms. The minimum Gasteiger partial charge on any atom is -0.508 e. The Kier molecular flexibility index (Phi) is 10.3. The second kappa shape index (κ2) is 12.4. The second-order valence-corrected chi connectivity index (χ2v) is 7.23. The molecule has 7 N–H and O–H groups in total. The van der Waals surface area contributed by atoms with Gasteiger partial charge in [-0.05, 0) is 30.7 Å². The molecule has 0 radical (unpaired) electrons. The molecule has 11 nitrogen and oxygen atoms in total. The molecule has 0 heterocycles. The summed E-state index contributed by atoms with van der Waals surface area (Å²) in [5.41, 5.74) is 5.69. The topological polar surface area (TPSA) is 196 Å². The van der Waals surface area contributed by atoms with Crippen molar-refractivity contribution in [2.75, 3.05) is 18.1 Å². The van der Waals surface area contributed by atoms with E-state index in [0.29, 0.717) is 5.56 Å². The lowest BCUT2D eigenvalue weighted by Gasteiger charge is -2.18. The van der Waals surface area contributed by atoms with Crippen LogP contribution >= 0.6 is 11.8 Å². The fourth-order valence-corrected chi connectivity index (χ4v) is 3.09. The number of hydrogen-bond acceptors (Lipinski definition) is 8. The number of aliphatic carboxylic acids is 2. The van der Waals surface area contributed by atoms with Crippen LogP contribution in [0, 0.1) is 0 Å². The van der Waals surface area contributed by atoms with Gasteiger partial charge in [0.25, 0.3) is 0 Å². The van der Waals surface area contributed by atoms with Crippen molar-refractivity contribution in [2.24, 2.45) is 5.73 Å². The lowest BCUT2D eigenvalue weighted by molar-refractivity contribution is -0.139. The molecule has 0 saturated carbocycles. The summed E-state index contributed by atoms with van der Waals surface area (Å²) in [6, 6.07) is 3.26. The summed E-state index contributed by atoms with van der Waals surface area (Å²) in [5.74, 6) is -4.20. The number of carbonyl (C=O) groups is 5.